The molecule has 0 atom stereocenters. The lowest BCUT2D eigenvalue weighted by Gasteiger charge is -2.15. The number of ether oxygens (including phenoxy) is 2. The Bertz CT molecular complexity index is 1630. The highest BCUT2D eigenvalue weighted by molar-refractivity contribution is 5.77. The number of nitrogens with zero attached hydrogens (tertiary/aromatic N) is 8. The van der Waals surface area contributed by atoms with Crippen LogP contribution in [0.1, 0.15) is 55.6 Å². The smallest absolute Gasteiger partial charge is 0.227 e. The highest BCUT2D eigenvalue weighted by Gasteiger charge is 2.31. The van der Waals surface area contributed by atoms with Crippen molar-refractivity contribution in [3.63, 3.8) is 0 Å². The summed E-state index contributed by atoms with van der Waals surface area (Å²) >= 11 is 0. The second kappa shape index (κ2) is 9.51. The molecule has 5 aromatic rings. The van der Waals surface area contributed by atoms with Crippen LogP contribution in [0.15, 0.2) is 43.1 Å². The summed E-state index contributed by atoms with van der Waals surface area (Å²) in [5.41, 5.74) is 5.40. The maximum atomic E-state index is 5.80. The molecule has 1 aliphatic carbocycles. The molecule has 4 aromatic heterocycles. The van der Waals surface area contributed by atoms with E-state index in [2.05, 4.69) is 56.8 Å². The molecule has 0 N–H and O–H groups in total. The number of aromatic nitrogens is 8. The zero-order chi connectivity index (χ0) is 26.4. The van der Waals surface area contributed by atoms with Crippen molar-refractivity contribution in [3.8, 4) is 34.4 Å². The van der Waals surface area contributed by atoms with Gasteiger partial charge in [-0.25, -0.2) is 29.6 Å². The van der Waals surface area contributed by atoms with Crippen molar-refractivity contribution in [2.24, 2.45) is 0 Å². The molecule has 0 spiro atoms. The number of methoxy groups -OCH3 is 2. The highest BCUT2D eigenvalue weighted by atomic mass is 16.5. The molecule has 1 aromatic carbocycles. The lowest BCUT2D eigenvalue weighted by atomic mass is 10.1. The van der Waals surface area contributed by atoms with Gasteiger partial charge in [-0.15, -0.1) is 0 Å². The molecule has 0 saturated heterocycles. The van der Waals surface area contributed by atoms with Crippen molar-refractivity contribution >= 4 is 11.0 Å². The summed E-state index contributed by atoms with van der Waals surface area (Å²) in [4.78, 5) is 23.1. The van der Waals surface area contributed by atoms with Gasteiger partial charge >= 0.3 is 0 Å². The first-order valence-electron chi connectivity index (χ1n) is 12.8. The van der Waals surface area contributed by atoms with Crippen LogP contribution in [0.2, 0.25) is 0 Å². The van der Waals surface area contributed by atoms with Crippen LogP contribution in [0.5, 0.6) is 11.6 Å². The molecule has 0 radical (unpaired) electrons. The Hall–Kier alpha value is -4.34. The van der Waals surface area contributed by atoms with E-state index in [1.165, 1.54) is 0 Å². The Labute approximate surface area is 220 Å². The van der Waals surface area contributed by atoms with Crippen molar-refractivity contribution in [2.45, 2.75) is 52.1 Å². The standard InChI is InChI=1S/C28H30N8O2/c1-16(2)35-13-17(3)33-27(35)21-9-6-18(10-22(21)37-4)14-36-26-20(12-32-36)11-29-25(34-26)23-24(19-7-8-19)30-15-31-28(23)38-5/h6,9-13,15-16,19H,7-8,14H2,1-5H3. The summed E-state index contributed by atoms with van der Waals surface area (Å²) in [6, 6.07) is 6.48. The number of imidazole rings is 1. The van der Waals surface area contributed by atoms with E-state index >= 15 is 0 Å². The second-order valence-electron chi connectivity index (χ2n) is 9.93. The summed E-state index contributed by atoms with van der Waals surface area (Å²) in [6.45, 7) is 6.82. The Morgan fingerprint density at radius 1 is 1.03 bits per heavy atom. The van der Waals surface area contributed by atoms with Crippen molar-refractivity contribution in [1.29, 1.82) is 0 Å². The SMILES string of the molecule is COc1cc(Cn2ncc3cnc(-c4c(OC)ncnc4C4CC4)nc32)ccc1-c1nc(C)cn1C(C)C. The van der Waals surface area contributed by atoms with Gasteiger partial charge in [-0.1, -0.05) is 6.07 Å². The molecular formula is C28H30N8O2. The van der Waals surface area contributed by atoms with Gasteiger partial charge in [-0.2, -0.15) is 5.10 Å². The van der Waals surface area contributed by atoms with Crippen LogP contribution in [0.25, 0.3) is 33.8 Å². The summed E-state index contributed by atoms with van der Waals surface area (Å²) in [6.07, 6.45) is 9.40. The predicted octanol–water partition coefficient (Wildman–Crippen LogP) is 4.98. The summed E-state index contributed by atoms with van der Waals surface area (Å²) in [7, 11) is 3.30. The van der Waals surface area contributed by atoms with Gasteiger partial charge in [0, 0.05) is 24.4 Å². The summed E-state index contributed by atoms with van der Waals surface area (Å²) in [5.74, 6) is 3.09. The Morgan fingerprint density at radius 3 is 2.61 bits per heavy atom. The van der Waals surface area contributed by atoms with E-state index in [1.54, 1.807) is 32.9 Å². The zero-order valence-corrected chi connectivity index (χ0v) is 22.2. The van der Waals surface area contributed by atoms with E-state index in [9.17, 15) is 0 Å². The Morgan fingerprint density at radius 2 is 1.87 bits per heavy atom. The first kappa shape index (κ1) is 24.0. The second-order valence-corrected chi connectivity index (χ2v) is 9.93. The van der Waals surface area contributed by atoms with E-state index in [4.69, 9.17) is 19.4 Å². The maximum absolute atomic E-state index is 5.80. The third-order valence-corrected chi connectivity index (χ3v) is 6.85. The molecule has 4 heterocycles. The van der Waals surface area contributed by atoms with Crippen LogP contribution in [-0.4, -0.2) is 53.5 Å². The van der Waals surface area contributed by atoms with Gasteiger partial charge in [0.05, 0.1) is 49.3 Å². The van der Waals surface area contributed by atoms with E-state index in [-0.39, 0.29) is 6.04 Å². The first-order chi connectivity index (χ1) is 18.5. The minimum Gasteiger partial charge on any atom is -0.496 e. The van der Waals surface area contributed by atoms with Gasteiger partial charge in [-0.05, 0) is 51.3 Å². The molecular weight excluding hydrogens is 480 g/mol. The number of rotatable bonds is 8. The van der Waals surface area contributed by atoms with Crippen molar-refractivity contribution in [1.82, 2.24) is 39.3 Å². The van der Waals surface area contributed by atoms with Crippen LogP contribution >= 0.6 is 0 Å². The number of aryl methyl sites for hydroxylation is 1. The number of hydrogen-bond donors (Lipinski definition) is 0. The molecule has 0 unspecified atom stereocenters. The zero-order valence-electron chi connectivity index (χ0n) is 22.2. The van der Waals surface area contributed by atoms with E-state index in [1.807, 2.05) is 17.7 Å². The topological polar surface area (TPSA) is 106 Å². The third-order valence-electron chi connectivity index (χ3n) is 6.85. The molecule has 38 heavy (non-hydrogen) atoms. The molecule has 194 valence electrons. The van der Waals surface area contributed by atoms with E-state index < -0.39 is 0 Å². The number of fused-ring (bicyclic) bond motifs is 1. The molecule has 1 saturated carbocycles. The van der Waals surface area contributed by atoms with E-state index in [0.29, 0.717) is 24.2 Å². The van der Waals surface area contributed by atoms with Crippen molar-refractivity contribution < 1.29 is 9.47 Å². The molecule has 1 aliphatic rings. The van der Waals surface area contributed by atoms with Gasteiger partial charge in [0.25, 0.3) is 0 Å². The minimum absolute atomic E-state index is 0.286. The number of hydrogen-bond acceptors (Lipinski definition) is 8. The van der Waals surface area contributed by atoms with Gasteiger partial charge in [0.2, 0.25) is 5.88 Å². The predicted molar refractivity (Wildman–Crippen MR) is 143 cm³/mol. The largest absolute Gasteiger partial charge is 0.496 e. The van der Waals surface area contributed by atoms with E-state index in [0.717, 1.165) is 63.5 Å². The summed E-state index contributed by atoms with van der Waals surface area (Å²) < 4.78 is 15.4. The molecule has 1 fully saturated rings. The highest BCUT2D eigenvalue weighted by Crippen LogP contribution is 2.45. The molecule has 10 nitrogen and oxygen atoms in total. The first-order valence-corrected chi connectivity index (χ1v) is 12.8. The van der Waals surface area contributed by atoms with Gasteiger partial charge < -0.3 is 14.0 Å². The van der Waals surface area contributed by atoms with Crippen LogP contribution in [0.3, 0.4) is 0 Å². The fourth-order valence-corrected chi connectivity index (χ4v) is 4.82. The van der Waals surface area contributed by atoms with Crippen LogP contribution in [0.4, 0.5) is 0 Å². The van der Waals surface area contributed by atoms with Crippen LogP contribution < -0.4 is 9.47 Å². The van der Waals surface area contributed by atoms with Crippen LogP contribution in [-0.2, 0) is 6.54 Å². The Balaban J connectivity index is 1.37. The minimum atomic E-state index is 0.286. The molecule has 0 bridgehead atoms. The lowest BCUT2D eigenvalue weighted by Crippen LogP contribution is -2.06. The third kappa shape index (κ3) is 4.25. The van der Waals surface area contributed by atoms with Gasteiger partial charge in [0.1, 0.15) is 23.5 Å². The summed E-state index contributed by atoms with van der Waals surface area (Å²) in [5, 5.41) is 5.47. The molecule has 10 heteroatoms. The Kier molecular flexibility index (Phi) is 6.01. The normalized spacial score (nSPS) is 13.4. The number of benzene rings is 1. The van der Waals surface area contributed by atoms with Gasteiger partial charge in [-0.3, -0.25) is 0 Å². The average molecular weight is 511 g/mol. The lowest BCUT2D eigenvalue weighted by molar-refractivity contribution is 0.397. The van der Waals surface area contributed by atoms with Crippen molar-refractivity contribution in [3.05, 3.63) is 60.1 Å². The average Bonchev–Trinajstić information content (AvgIpc) is 3.60. The quantitative estimate of drug-likeness (QED) is 0.288. The molecule has 0 aliphatic heterocycles. The molecule has 0 amide bonds. The molecule has 6 rings (SSSR count). The van der Waals surface area contributed by atoms with Gasteiger partial charge in [0.15, 0.2) is 11.5 Å². The monoisotopic (exact) mass is 510 g/mol. The fourth-order valence-electron chi connectivity index (χ4n) is 4.82. The van der Waals surface area contributed by atoms with Crippen LogP contribution in [0, 0.1) is 6.92 Å². The fraction of sp³-hybridized carbons (Fsp3) is 0.357. The maximum Gasteiger partial charge on any atom is 0.227 e. The van der Waals surface area contributed by atoms with Crippen molar-refractivity contribution in [2.75, 3.05) is 14.2 Å².